The molecule has 2 aromatic heterocycles. The van der Waals surface area contributed by atoms with Crippen molar-refractivity contribution in [3.05, 3.63) is 83.1 Å². The lowest BCUT2D eigenvalue weighted by molar-refractivity contribution is 0.800. The molecule has 25 heavy (non-hydrogen) atoms. The molecule has 6 heteroatoms. The maximum absolute atomic E-state index is 6.25. The molecular formula is C19H15ClN4S. The summed E-state index contributed by atoms with van der Waals surface area (Å²) in [4.78, 5) is 4.50. The van der Waals surface area contributed by atoms with Crippen molar-refractivity contribution in [1.29, 1.82) is 0 Å². The second-order valence-electron chi connectivity index (χ2n) is 5.51. The number of fused-ring (bicyclic) bond motifs is 1. The molecule has 0 saturated carbocycles. The monoisotopic (exact) mass is 366 g/mol. The zero-order valence-corrected chi connectivity index (χ0v) is 14.8. The number of hydrogen-bond donors (Lipinski definition) is 1. The fourth-order valence-corrected chi connectivity index (χ4v) is 3.58. The number of nitrogens with one attached hydrogen (secondary N) is 1. The van der Waals surface area contributed by atoms with E-state index in [1.54, 1.807) is 17.6 Å². The van der Waals surface area contributed by atoms with E-state index in [2.05, 4.69) is 26.1 Å². The lowest BCUT2D eigenvalue weighted by Gasteiger charge is -2.08. The lowest BCUT2D eigenvalue weighted by Crippen LogP contribution is -2.03. The maximum atomic E-state index is 6.25. The third-order valence-electron chi connectivity index (χ3n) is 3.81. The van der Waals surface area contributed by atoms with Gasteiger partial charge in [-0.15, -0.1) is 0 Å². The Morgan fingerprint density at radius 3 is 2.80 bits per heavy atom. The predicted molar refractivity (Wildman–Crippen MR) is 106 cm³/mol. The van der Waals surface area contributed by atoms with Crippen LogP contribution < -0.4 is 5.43 Å². The molecule has 1 N–H and O–H groups in total. The van der Waals surface area contributed by atoms with E-state index in [0.29, 0.717) is 6.54 Å². The van der Waals surface area contributed by atoms with E-state index in [1.165, 1.54) is 0 Å². The van der Waals surface area contributed by atoms with Crippen LogP contribution in [0.3, 0.4) is 0 Å². The fraction of sp³-hybridized carbons (Fsp3) is 0.0526. The summed E-state index contributed by atoms with van der Waals surface area (Å²) in [5.74, 6) is 0. The number of hydrogen-bond acceptors (Lipinski definition) is 4. The molecule has 4 rings (SSSR count). The number of halogens is 1. The molecule has 4 aromatic rings. The third kappa shape index (κ3) is 3.57. The molecule has 0 saturated heterocycles. The summed E-state index contributed by atoms with van der Waals surface area (Å²) in [7, 11) is 0. The standard InChI is InChI=1S/C19H15ClN4S/c20-16-8-2-1-6-14(16)13-24-11-5-7-15(24)12-21-23-19-22-17-9-3-4-10-18(17)25-19/h1-12H,13H2,(H,22,23)/b21-12-. The molecule has 0 atom stereocenters. The molecule has 0 aliphatic carbocycles. The van der Waals surface area contributed by atoms with Crippen LogP contribution in [0.25, 0.3) is 10.2 Å². The van der Waals surface area contributed by atoms with Crippen molar-refractivity contribution in [1.82, 2.24) is 9.55 Å². The largest absolute Gasteiger partial charge is 0.342 e. The summed E-state index contributed by atoms with van der Waals surface area (Å²) < 4.78 is 3.24. The van der Waals surface area contributed by atoms with Gasteiger partial charge in [-0.3, -0.25) is 5.43 Å². The van der Waals surface area contributed by atoms with Gasteiger partial charge in [-0.25, -0.2) is 4.98 Å². The molecule has 4 nitrogen and oxygen atoms in total. The summed E-state index contributed by atoms with van der Waals surface area (Å²) in [6.07, 6.45) is 3.81. The van der Waals surface area contributed by atoms with Crippen molar-refractivity contribution in [2.24, 2.45) is 5.10 Å². The van der Waals surface area contributed by atoms with Crippen molar-refractivity contribution >= 4 is 44.5 Å². The number of nitrogens with zero attached hydrogens (tertiary/aromatic N) is 3. The Balaban J connectivity index is 1.48. The highest BCUT2D eigenvalue weighted by atomic mass is 35.5. The van der Waals surface area contributed by atoms with Gasteiger partial charge in [0.2, 0.25) is 5.13 Å². The molecule has 0 spiro atoms. The lowest BCUT2D eigenvalue weighted by atomic mass is 10.2. The molecule has 2 aromatic carbocycles. The first-order chi connectivity index (χ1) is 12.3. The van der Waals surface area contributed by atoms with Crippen molar-refractivity contribution < 1.29 is 0 Å². The first-order valence-corrected chi connectivity index (χ1v) is 9.02. The Morgan fingerprint density at radius 1 is 1.08 bits per heavy atom. The molecule has 2 heterocycles. The van der Waals surface area contributed by atoms with Crippen LogP contribution in [-0.2, 0) is 6.54 Å². The Labute approximate surface area is 154 Å². The average molecular weight is 367 g/mol. The summed E-state index contributed by atoms with van der Waals surface area (Å²) in [5.41, 5.74) is 6.06. The van der Waals surface area contributed by atoms with E-state index in [1.807, 2.05) is 60.8 Å². The van der Waals surface area contributed by atoms with Crippen molar-refractivity contribution in [2.45, 2.75) is 6.54 Å². The van der Waals surface area contributed by atoms with Crippen LogP contribution in [0.15, 0.2) is 72.0 Å². The number of benzene rings is 2. The van der Waals surface area contributed by atoms with Crippen LogP contribution in [0.4, 0.5) is 5.13 Å². The van der Waals surface area contributed by atoms with Gasteiger partial charge in [0, 0.05) is 17.8 Å². The van der Waals surface area contributed by atoms with Crippen LogP contribution in [0.1, 0.15) is 11.3 Å². The number of anilines is 1. The number of thiazole rings is 1. The van der Waals surface area contributed by atoms with Crippen LogP contribution >= 0.6 is 22.9 Å². The summed E-state index contributed by atoms with van der Waals surface area (Å²) in [5, 5.41) is 5.87. The SMILES string of the molecule is Clc1ccccc1Cn1cccc1/C=N\Nc1nc2ccccc2s1. The normalized spacial score (nSPS) is 11.4. The molecule has 0 amide bonds. The van der Waals surface area contributed by atoms with Crippen molar-refractivity contribution in [2.75, 3.05) is 5.43 Å². The Kier molecular flexibility index (Phi) is 4.50. The van der Waals surface area contributed by atoms with Crippen LogP contribution in [0, 0.1) is 0 Å². The predicted octanol–water partition coefficient (Wildman–Crippen LogP) is 5.25. The van der Waals surface area contributed by atoms with E-state index < -0.39 is 0 Å². The summed E-state index contributed by atoms with van der Waals surface area (Å²) >= 11 is 7.83. The average Bonchev–Trinajstić information content (AvgIpc) is 3.23. The molecular weight excluding hydrogens is 352 g/mol. The molecule has 124 valence electrons. The van der Waals surface area contributed by atoms with Crippen LogP contribution in [0.5, 0.6) is 0 Å². The van der Waals surface area contributed by atoms with E-state index in [9.17, 15) is 0 Å². The van der Waals surface area contributed by atoms with E-state index in [-0.39, 0.29) is 0 Å². The first-order valence-electron chi connectivity index (χ1n) is 7.83. The van der Waals surface area contributed by atoms with Gasteiger partial charge in [0.25, 0.3) is 0 Å². The van der Waals surface area contributed by atoms with E-state index in [0.717, 1.165) is 31.6 Å². The number of hydrazone groups is 1. The zero-order valence-electron chi connectivity index (χ0n) is 13.3. The van der Waals surface area contributed by atoms with Gasteiger partial charge in [0.15, 0.2) is 0 Å². The van der Waals surface area contributed by atoms with Gasteiger partial charge in [-0.2, -0.15) is 5.10 Å². The fourth-order valence-electron chi connectivity index (χ4n) is 2.57. The minimum Gasteiger partial charge on any atom is -0.342 e. The van der Waals surface area contributed by atoms with E-state index in [4.69, 9.17) is 11.6 Å². The smallest absolute Gasteiger partial charge is 0.204 e. The van der Waals surface area contributed by atoms with Gasteiger partial charge >= 0.3 is 0 Å². The highest BCUT2D eigenvalue weighted by Crippen LogP contribution is 2.25. The van der Waals surface area contributed by atoms with Gasteiger partial charge < -0.3 is 4.57 Å². The minimum atomic E-state index is 0.704. The molecule has 0 radical (unpaired) electrons. The van der Waals surface area contributed by atoms with Gasteiger partial charge in [0.1, 0.15) is 0 Å². The minimum absolute atomic E-state index is 0.704. The highest BCUT2D eigenvalue weighted by molar-refractivity contribution is 7.22. The number of rotatable bonds is 5. The molecule has 0 aliphatic heterocycles. The second-order valence-corrected chi connectivity index (χ2v) is 6.95. The Bertz CT molecular complexity index is 1000. The molecule has 0 unspecified atom stereocenters. The first kappa shape index (κ1) is 15.9. The summed E-state index contributed by atoms with van der Waals surface area (Å²) in [6.45, 7) is 0.704. The van der Waals surface area contributed by atoms with Crippen molar-refractivity contribution in [3.63, 3.8) is 0 Å². The molecule has 0 fully saturated rings. The Hall–Kier alpha value is -2.63. The summed E-state index contributed by atoms with van der Waals surface area (Å²) in [6, 6.07) is 19.9. The van der Waals surface area contributed by atoms with Crippen molar-refractivity contribution in [3.8, 4) is 0 Å². The van der Waals surface area contributed by atoms with Gasteiger partial charge in [-0.05, 0) is 35.9 Å². The molecule has 0 aliphatic rings. The maximum Gasteiger partial charge on any atom is 0.204 e. The van der Waals surface area contributed by atoms with Gasteiger partial charge in [0.05, 0.1) is 22.1 Å². The van der Waals surface area contributed by atoms with Crippen LogP contribution in [-0.4, -0.2) is 15.8 Å². The zero-order chi connectivity index (χ0) is 17.1. The van der Waals surface area contributed by atoms with Crippen LogP contribution in [0.2, 0.25) is 5.02 Å². The van der Waals surface area contributed by atoms with Gasteiger partial charge in [-0.1, -0.05) is 53.3 Å². The highest BCUT2D eigenvalue weighted by Gasteiger charge is 2.04. The van der Waals surface area contributed by atoms with E-state index >= 15 is 0 Å². The Morgan fingerprint density at radius 2 is 1.92 bits per heavy atom. The number of aromatic nitrogens is 2. The third-order valence-corrected chi connectivity index (χ3v) is 5.12. The molecule has 0 bridgehead atoms. The number of para-hydroxylation sites is 1. The second kappa shape index (κ2) is 7.09. The quantitative estimate of drug-likeness (QED) is 0.387. The topological polar surface area (TPSA) is 42.2 Å².